The summed E-state index contributed by atoms with van der Waals surface area (Å²) in [5, 5.41) is 0.487. The molecule has 1 aromatic rings. The van der Waals surface area contributed by atoms with Gasteiger partial charge in [-0.15, -0.1) is 0 Å². The van der Waals surface area contributed by atoms with Crippen LogP contribution in [0.25, 0.3) is 0 Å². The molecule has 0 amide bonds. The highest BCUT2D eigenvalue weighted by Gasteiger charge is 2.41. The Hall–Kier alpha value is -0.120. The van der Waals surface area contributed by atoms with Crippen molar-refractivity contribution < 1.29 is 4.39 Å². The van der Waals surface area contributed by atoms with E-state index in [1.54, 1.807) is 12.1 Å². The van der Waals surface area contributed by atoms with Crippen LogP contribution in [0.2, 0.25) is 5.02 Å². The average molecular weight is 293 g/mol. The van der Waals surface area contributed by atoms with Gasteiger partial charge in [-0.2, -0.15) is 0 Å². The molecule has 0 unspecified atom stereocenters. The van der Waals surface area contributed by atoms with Crippen LogP contribution in [-0.2, 0) is 5.41 Å². The molecule has 1 saturated carbocycles. The molecule has 1 aromatic carbocycles. The Labute approximate surface area is 102 Å². The van der Waals surface area contributed by atoms with E-state index < -0.39 is 0 Å². The topological polar surface area (TPSA) is 26.0 Å². The van der Waals surface area contributed by atoms with Crippen LogP contribution < -0.4 is 5.73 Å². The van der Waals surface area contributed by atoms with Gasteiger partial charge in [0, 0.05) is 22.5 Å². The fourth-order valence-corrected chi connectivity index (χ4v) is 2.85. The molecule has 2 rings (SSSR count). The summed E-state index contributed by atoms with van der Waals surface area (Å²) in [7, 11) is 0. The number of halogens is 3. The third kappa shape index (κ3) is 1.71. The largest absolute Gasteiger partial charge is 0.330 e. The van der Waals surface area contributed by atoms with Crippen LogP contribution in [0, 0.1) is 5.82 Å². The van der Waals surface area contributed by atoms with E-state index in [-0.39, 0.29) is 11.2 Å². The van der Waals surface area contributed by atoms with E-state index in [4.69, 9.17) is 17.3 Å². The lowest BCUT2D eigenvalue weighted by molar-refractivity contribution is 0.244. The van der Waals surface area contributed by atoms with Crippen molar-refractivity contribution in [3.05, 3.63) is 33.0 Å². The van der Waals surface area contributed by atoms with Crippen LogP contribution >= 0.6 is 27.5 Å². The van der Waals surface area contributed by atoms with Crippen molar-refractivity contribution in [2.45, 2.75) is 24.7 Å². The second-order valence-corrected chi connectivity index (χ2v) is 5.32. The van der Waals surface area contributed by atoms with Crippen LogP contribution in [0.5, 0.6) is 0 Å². The predicted molar refractivity (Wildman–Crippen MR) is 63.7 cm³/mol. The molecule has 0 atom stereocenters. The predicted octanol–water partition coefficient (Wildman–Crippen LogP) is 3.62. The number of benzene rings is 1. The van der Waals surface area contributed by atoms with Gasteiger partial charge in [-0.25, -0.2) is 4.39 Å². The number of hydrogen-bond donors (Lipinski definition) is 1. The molecular formula is C11H12BrClFN. The molecule has 1 aliphatic rings. The van der Waals surface area contributed by atoms with E-state index in [9.17, 15) is 4.39 Å². The summed E-state index contributed by atoms with van der Waals surface area (Å²) < 4.78 is 14.4. The highest BCUT2D eigenvalue weighted by atomic mass is 79.9. The smallest absolute Gasteiger partial charge is 0.142 e. The van der Waals surface area contributed by atoms with E-state index in [2.05, 4.69) is 15.9 Å². The van der Waals surface area contributed by atoms with Crippen molar-refractivity contribution >= 4 is 27.5 Å². The molecule has 0 heterocycles. The molecule has 82 valence electrons. The highest BCUT2D eigenvalue weighted by Crippen LogP contribution is 2.47. The Bertz CT molecular complexity index is 385. The second kappa shape index (κ2) is 4.04. The van der Waals surface area contributed by atoms with Crippen molar-refractivity contribution in [2.75, 3.05) is 6.54 Å². The van der Waals surface area contributed by atoms with Gasteiger partial charge in [-0.05, 0) is 40.9 Å². The molecule has 1 nitrogen and oxygen atoms in total. The lowest BCUT2D eigenvalue weighted by atomic mass is 9.64. The summed E-state index contributed by atoms with van der Waals surface area (Å²) in [6.07, 6.45) is 2.95. The maximum absolute atomic E-state index is 14.0. The molecule has 0 spiro atoms. The maximum Gasteiger partial charge on any atom is 0.142 e. The summed E-state index contributed by atoms with van der Waals surface area (Å²) in [6.45, 7) is 0.458. The van der Waals surface area contributed by atoms with Crippen molar-refractivity contribution in [3.8, 4) is 0 Å². The minimum atomic E-state index is -0.257. The summed E-state index contributed by atoms with van der Waals surface area (Å²) in [5.74, 6) is -0.257. The summed E-state index contributed by atoms with van der Waals surface area (Å²) in [6, 6.07) is 3.35. The minimum absolute atomic E-state index is 0.231. The SMILES string of the molecule is NCC1(c2c(Cl)ccc(Br)c2F)CCC1. The van der Waals surface area contributed by atoms with Gasteiger partial charge in [0.05, 0.1) is 4.47 Å². The van der Waals surface area contributed by atoms with Crippen molar-refractivity contribution in [1.29, 1.82) is 0 Å². The summed E-state index contributed by atoms with van der Waals surface area (Å²) in [4.78, 5) is 0. The van der Waals surface area contributed by atoms with Gasteiger partial charge in [0.2, 0.25) is 0 Å². The standard InChI is InChI=1S/C11H12BrClFN/c12-7-2-3-8(13)9(10(7)14)11(6-15)4-1-5-11/h2-3H,1,4-6,15H2. The van der Waals surface area contributed by atoms with Crippen LogP contribution in [0.1, 0.15) is 24.8 Å². The molecule has 0 bridgehead atoms. The normalized spacial score (nSPS) is 18.7. The fourth-order valence-electron chi connectivity index (χ4n) is 2.17. The van der Waals surface area contributed by atoms with Gasteiger partial charge in [0.1, 0.15) is 5.82 Å². The molecule has 1 aliphatic carbocycles. The molecule has 0 aliphatic heterocycles. The first-order chi connectivity index (χ1) is 7.10. The maximum atomic E-state index is 14.0. The Morgan fingerprint density at radius 2 is 2.13 bits per heavy atom. The summed E-state index contributed by atoms with van der Waals surface area (Å²) >= 11 is 9.24. The highest BCUT2D eigenvalue weighted by molar-refractivity contribution is 9.10. The van der Waals surface area contributed by atoms with Gasteiger partial charge >= 0.3 is 0 Å². The molecule has 2 N–H and O–H groups in total. The molecule has 0 radical (unpaired) electrons. The number of hydrogen-bond acceptors (Lipinski definition) is 1. The minimum Gasteiger partial charge on any atom is -0.330 e. The Balaban J connectivity index is 2.55. The molecule has 4 heteroatoms. The zero-order valence-corrected chi connectivity index (χ0v) is 10.5. The zero-order valence-electron chi connectivity index (χ0n) is 8.19. The third-order valence-electron chi connectivity index (χ3n) is 3.28. The van der Waals surface area contributed by atoms with Crippen molar-refractivity contribution in [3.63, 3.8) is 0 Å². The molecule has 15 heavy (non-hydrogen) atoms. The van der Waals surface area contributed by atoms with Crippen LogP contribution in [-0.4, -0.2) is 6.54 Å². The van der Waals surface area contributed by atoms with Gasteiger partial charge < -0.3 is 5.73 Å². The Morgan fingerprint density at radius 3 is 2.60 bits per heavy atom. The first kappa shape index (κ1) is 11.4. The zero-order chi connectivity index (χ0) is 11.1. The molecule has 0 aromatic heterocycles. The lowest BCUT2D eigenvalue weighted by Gasteiger charge is -2.42. The third-order valence-corrected chi connectivity index (χ3v) is 4.20. The number of rotatable bonds is 2. The lowest BCUT2D eigenvalue weighted by Crippen LogP contribution is -2.42. The first-order valence-corrected chi connectivity index (χ1v) is 6.12. The van der Waals surface area contributed by atoms with E-state index in [0.717, 1.165) is 19.3 Å². The second-order valence-electron chi connectivity index (χ2n) is 4.06. The number of nitrogens with two attached hydrogens (primary N) is 1. The molecule has 1 fully saturated rings. The van der Waals surface area contributed by atoms with Gasteiger partial charge in [0.25, 0.3) is 0 Å². The Morgan fingerprint density at radius 1 is 1.47 bits per heavy atom. The van der Waals surface area contributed by atoms with Crippen LogP contribution in [0.4, 0.5) is 4.39 Å². The van der Waals surface area contributed by atoms with E-state index in [1.807, 2.05) is 0 Å². The Kier molecular flexibility index (Phi) is 3.06. The fraction of sp³-hybridized carbons (Fsp3) is 0.455. The van der Waals surface area contributed by atoms with Gasteiger partial charge in [-0.3, -0.25) is 0 Å². The van der Waals surface area contributed by atoms with Gasteiger partial charge in [0.15, 0.2) is 0 Å². The van der Waals surface area contributed by atoms with E-state index >= 15 is 0 Å². The van der Waals surface area contributed by atoms with Crippen molar-refractivity contribution in [2.24, 2.45) is 5.73 Å². The summed E-state index contributed by atoms with van der Waals surface area (Å²) in [5.41, 5.74) is 6.11. The van der Waals surface area contributed by atoms with Crippen molar-refractivity contribution in [1.82, 2.24) is 0 Å². The quantitative estimate of drug-likeness (QED) is 0.828. The first-order valence-electron chi connectivity index (χ1n) is 4.95. The molecular weight excluding hydrogens is 280 g/mol. The average Bonchev–Trinajstić information content (AvgIpc) is 2.16. The molecule has 0 saturated heterocycles. The van der Waals surface area contributed by atoms with Gasteiger partial charge in [-0.1, -0.05) is 18.0 Å². The van der Waals surface area contributed by atoms with Crippen LogP contribution in [0.3, 0.4) is 0 Å². The van der Waals surface area contributed by atoms with Crippen LogP contribution in [0.15, 0.2) is 16.6 Å². The van der Waals surface area contributed by atoms with E-state index in [0.29, 0.717) is 21.6 Å². The monoisotopic (exact) mass is 291 g/mol. The van der Waals surface area contributed by atoms with E-state index in [1.165, 1.54) is 0 Å².